The normalized spacial score (nSPS) is 11.6. The molecule has 1 aromatic rings. The maximum absolute atomic E-state index is 11.8. The summed E-state index contributed by atoms with van der Waals surface area (Å²) in [5.74, 6) is -0.267. The minimum Gasteiger partial charge on any atom is -0.493 e. The minimum atomic E-state index is -1.03. The highest BCUT2D eigenvalue weighted by molar-refractivity contribution is 5.84. The molecular weight excluding hydrogens is 262 g/mol. The minimum absolute atomic E-state index is 0.0874. The van der Waals surface area contributed by atoms with Crippen LogP contribution >= 0.6 is 0 Å². The summed E-state index contributed by atoms with van der Waals surface area (Å²) in [5, 5.41) is 11.4. The Balaban J connectivity index is 2.73. The van der Waals surface area contributed by atoms with Crippen LogP contribution in [0.5, 0.6) is 11.5 Å². The third-order valence-corrected chi connectivity index (χ3v) is 2.85. The molecule has 1 amide bonds. The van der Waals surface area contributed by atoms with Gasteiger partial charge in [-0.2, -0.15) is 0 Å². The maximum Gasteiger partial charge on any atom is 0.326 e. The van der Waals surface area contributed by atoms with Gasteiger partial charge in [0.2, 0.25) is 5.91 Å². The van der Waals surface area contributed by atoms with Crippen molar-refractivity contribution in [2.24, 2.45) is 0 Å². The Kier molecular flexibility index (Phi) is 5.83. The van der Waals surface area contributed by atoms with Gasteiger partial charge in [0.1, 0.15) is 6.04 Å². The molecule has 0 aliphatic heterocycles. The molecule has 1 rings (SSSR count). The molecule has 2 N–H and O–H groups in total. The Morgan fingerprint density at radius 3 is 2.40 bits per heavy atom. The van der Waals surface area contributed by atoms with Crippen LogP contribution in [-0.2, 0) is 16.0 Å². The van der Waals surface area contributed by atoms with Gasteiger partial charge in [0, 0.05) is 0 Å². The van der Waals surface area contributed by atoms with E-state index in [4.69, 9.17) is 14.6 Å². The number of amides is 1. The molecule has 0 aromatic heterocycles. The molecule has 1 atom stereocenters. The van der Waals surface area contributed by atoms with E-state index in [-0.39, 0.29) is 12.3 Å². The van der Waals surface area contributed by atoms with Crippen molar-refractivity contribution < 1.29 is 24.2 Å². The second-order valence-corrected chi connectivity index (χ2v) is 4.23. The number of carboxylic acids is 1. The Morgan fingerprint density at radius 1 is 1.25 bits per heavy atom. The van der Waals surface area contributed by atoms with Gasteiger partial charge in [-0.05, 0) is 24.1 Å². The third kappa shape index (κ3) is 4.15. The summed E-state index contributed by atoms with van der Waals surface area (Å²) in [6.45, 7) is 1.70. The standard InChI is InChI=1S/C14H19NO5/c1-4-10(14(17)18)15-13(16)8-9-5-6-11(19-2)12(7-9)20-3/h5-7,10H,4,8H2,1-3H3,(H,15,16)(H,17,18)/t10-/m0/s1. The number of nitrogens with one attached hydrogen (secondary N) is 1. The van der Waals surface area contributed by atoms with Crippen molar-refractivity contribution in [3.63, 3.8) is 0 Å². The van der Waals surface area contributed by atoms with E-state index in [2.05, 4.69) is 5.32 Å². The van der Waals surface area contributed by atoms with Crippen LogP contribution in [-0.4, -0.2) is 37.2 Å². The molecular formula is C14H19NO5. The maximum atomic E-state index is 11.8. The van der Waals surface area contributed by atoms with Crippen molar-refractivity contribution in [2.45, 2.75) is 25.8 Å². The Morgan fingerprint density at radius 2 is 1.90 bits per heavy atom. The number of benzene rings is 1. The van der Waals surface area contributed by atoms with E-state index in [9.17, 15) is 9.59 Å². The summed E-state index contributed by atoms with van der Waals surface area (Å²) >= 11 is 0. The van der Waals surface area contributed by atoms with Gasteiger partial charge in [-0.25, -0.2) is 4.79 Å². The zero-order chi connectivity index (χ0) is 15.1. The first-order valence-electron chi connectivity index (χ1n) is 6.24. The van der Waals surface area contributed by atoms with Crippen LogP contribution in [0, 0.1) is 0 Å². The Bertz CT molecular complexity index is 486. The van der Waals surface area contributed by atoms with Crippen LogP contribution in [0.3, 0.4) is 0 Å². The molecule has 1 aromatic carbocycles. The second kappa shape index (κ2) is 7.37. The van der Waals surface area contributed by atoms with Gasteiger partial charge in [0.25, 0.3) is 0 Å². The number of ether oxygens (including phenoxy) is 2. The van der Waals surface area contributed by atoms with Crippen molar-refractivity contribution in [1.82, 2.24) is 5.32 Å². The summed E-state index contributed by atoms with van der Waals surface area (Å²) < 4.78 is 10.3. The fourth-order valence-corrected chi connectivity index (χ4v) is 1.76. The first-order chi connectivity index (χ1) is 9.51. The number of carbonyl (C=O) groups is 2. The number of aliphatic carboxylic acids is 1. The molecule has 0 bridgehead atoms. The molecule has 6 nitrogen and oxygen atoms in total. The molecule has 0 aliphatic carbocycles. The summed E-state index contributed by atoms with van der Waals surface area (Å²) in [5.41, 5.74) is 0.723. The number of hydrogen-bond acceptors (Lipinski definition) is 4. The number of carboxylic acid groups (broad SMARTS) is 1. The highest BCUT2D eigenvalue weighted by Crippen LogP contribution is 2.27. The number of methoxy groups -OCH3 is 2. The van der Waals surface area contributed by atoms with Crippen molar-refractivity contribution in [3.8, 4) is 11.5 Å². The quantitative estimate of drug-likeness (QED) is 0.785. The van der Waals surface area contributed by atoms with E-state index in [1.165, 1.54) is 14.2 Å². The third-order valence-electron chi connectivity index (χ3n) is 2.85. The lowest BCUT2D eigenvalue weighted by molar-refractivity contribution is -0.141. The highest BCUT2D eigenvalue weighted by Gasteiger charge is 2.17. The summed E-state index contributed by atoms with van der Waals surface area (Å²) in [4.78, 5) is 22.6. The summed E-state index contributed by atoms with van der Waals surface area (Å²) in [6, 6.07) is 4.28. The smallest absolute Gasteiger partial charge is 0.326 e. The van der Waals surface area contributed by atoms with Crippen LogP contribution in [0.25, 0.3) is 0 Å². The number of rotatable bonds is 7. The van der Waals surface area contributed by atoms with Gasteiger partial charge >= 0.3 is 5.97 Å². The molecule has 6 heteroatoms. The molecule has 0 fully saturated rings. The summed E-state index contributed by atoms with van der Waals surface area (Å²) in [7, 11) is 3.04. The second-order valence-electron chi connectivity index (χ2n) is 4.23. The SMILES string of the molecule is CC[C@H](NC(=O)Cc1ccc(OC)c(OC)c1)C(=O)O. The number of carbonyl (C=O) groups excluding carboxylic acids is 1. The van der Waals surface area contributed by atoms with E-state index in [0.717, 1.165) is 5.56 Å². The largest absolute Gasteiger partial charge is 0.493 e. The highest BCUT2D eigenvalue weighted by atomic mass is 16.5. The van der Waals surface area contributed by atoms with E-state index in [1.807, 2.05) is 0 Å². The first-order valence-corrected chi connectivity index (χ1v) is 6.24. The number of hydrogen-bond donors (Lipinski definition) is 2. The van der Waals surface area contributed by atoms with Crippen LogP contribution in [0.1, 0.15) is 18.9 Å². The van der Waals surface area contributed by atoms with E-state index in [0.29, 0.717) is 17.9 Å². The van der Waals surface area contributed by atoms with E-state index >= 15 is 0 Å². The molecule has 0 heterocycles. The monoisotopic (exact) mass is 281 g/mol. The molecule has 0 aliphatic rings. The lowest BCUT2D eigenvalue weighted by atomic mass is 10.1. The van der Waals surface area contributed by atoms with E-state index < -0.39 is 12.0 Å². The van der Waals surface area contributed by atoms with Crippen molar-refractivity contribution >= 4 is 11.9 Å². The Hall–Kier alpha value is -2.24. The molecule has 0 unspecified atom stereocenters. The zero-order valence-electron chi connectivity index (χ0n) is 11.8. The fourth-order valence-electron chi connectivity index (χ4n) is 1.76. The Labute approximate surface area is 117 Å². The van der Waals surface area contributed by atoms with Gasteiger partial charge in [0.15, 0.2) is 11.5 Å². The lowest BCUT2D eigenvalue weighted by Crippen LogP contribution is -2.40. The lowest BCUT2D eigenvalue weighted by Gasteiger charge is -2.13. The van der Waals surface area contributed by atoms with Crippen LogP contribution in [0.4, 0.5) is 0 Å². The molecule has 20 heavy (non-hydrogen) atoms. The van der Waals surface area contributed by atoms with Gasteiger partial charge in [-0.1, -0.05) is 13.0 Å². The predicted octanol–water partition coefficient (Wildman–Crippen LogP) is 1.23. The molecule has 0 saturated heterocycles. The molecule has 0 saturated carbocycles. The van der Waals surface area contributed by atoms with Crippen LogP contribution < -0.4 is 14.8 Å². The average Bonchev–Trinajstić information content (AvgIpc) is 2.44. The summed E-state index contributed by atoms with van der Waals surface area (Å²) in [6.07, 6.45) is 0.428. The fraction of sp³-hybridized carbons (Fsp3) is 0.429. The van der Waals surface area contributed by atoms with Crippen molar-refractivity contribution in [2.75, 3.05) is 14.2 Å². The van der Waals surface area contributed by atoms with E-state index in [1.54, 1.807) is 25.1 Å². The van der Waals surface area contributed by atoms with Gasteiger partial charge in [-0.15, -0.1) is 0 Å². The topological polar surface area (TPSA) is 84.9 Å². The van der Waals surface area contributed by atoms with Gasteiger partial charge in [-0.3, -0.25) is 4.79 Å². The molecule has 110 valence electrons. The molecule has 0 spiro atoms. The van der Waals surface area contributed by atoms with Gasteiger partial charge in [0.05, 0.1) is 20.6 Å². The van der Waals surface area contributed by atoms with Gasteiger partial charge < -0.3 is 19.9 Å². The van der Waals surface area contributed by atoms with Crippen LogP contribution in [0.2, 0.25) is 0 Å². The van der Waals surface area contributed by atoms with Crippen molar-refractivity contribution in [1.29, 1.82) is 0 Å². The zero-order valence-corrected chi connectivity index (χ0v) is 11.8. The van der Waals surface area contributed by atoms with Crippen LogP contribution in [0.15, 0.2) is 18.2 Å². The average molecular weight is 281 g/mol. The van der Waals surface area contributed by atoms with Crippen molar-refractivity contribution in [3.05, 3.63) is 23.8 Å². The molecule has 0 radical (unpaired) electrons. The first kappa shape index (κ1) is 15.8. The predicted molar refractivity (Wildman–Crippen MR) is 73.1 cm³/mol.